The lowest BCUT2D eigenvalue weighted by Gasteiger charge is -2.44. The van der Waals surface area contributed by atoms with Crippen LogP contribution in [0.1, 0.15) is 53.4 Å². The van der Waals surface area contributed by atoms with E-state index in [9.17, 15) is 0 Å². The van der Waals surface area contributed by atoms with Crippen LogP contribution in [-0.4, -0.2) is 87.3 Å². The Morgan fingerprint density at radius 1 is 0.815 bits per heavy atom. The fraction of sp³-hybridized carbons (Fsp3) is 1.00. The summed E-state index contributed by atoms with van der Waals surface area (Å²) in [6, 6.07) is 1.72. The topological polar surface area (TPSA) is 19.0 Å². The molecule has 4 heteroatoms. The van der Waals surface area contributed by atoms with Crippen LogP contribution in [0.25, 0.3) is 0 Å². The van der Waals surface area contributed by atoms with E-state index < -0.39 is 0 Å². The third kappa shape index (κ3) is 5.91. The van der Waals surface area contributed by atoms with Crippen LogP contribution in [0.3, 0.4) is 0 Å². The van der Waals surface area contributed by atoms with Gasteiger partial charge < -0.3 is 14.5 Å². The molecule has 0 spiro atoms. The van der Waals surface area contributed by atoms with Gasteiger partial charge >= 0.3 is 0 Å². The molecule has 5 unspecified atom stereocenters. The fourth-order valence-corrected chi connectivity index (χ4v) is 5.74. The number of likely N-dealkylation sites (tertiary alicyclic amines) is 3. The summed E-state index contributed by atoms with van der Waals surface area (Å²) in [6.07, 6.45) is 5.62. The van der Waals surface area contributed by atoms with Crippen LogP contribution in [0, 0.1) is 23.7 Å². The molecule has 5 atom stereocenters. The van der Waals surface area contributed by atoms with Crippen molar-refractivity contribution in [2.75, 3.05) is 60.5 Å². The van der Waals surface area contributed by atoms with Crippen molar-refractivity contribution >= 4 is 0 Å². The average molecular weight is 382 g/mol. The molecule has 4 rings (SSSR count). The average Bonchev–Trinajstić information content (AvgIpc) is 3.03. The van der Waals surface area contributed by atoms with Crippen LogP contribution >= 0.6 is 0 Å². The number of ether oxygens (including phenoxy) is 1. The third-order valence-electron chi connectivity index (χ3n) is 7.42. The van der Waals surface area contributed by atoms with E-state index in [1.54, 1.807) is 0 Å². The monoisotopic (exact) mass is 381 g/mol. The minimum atomic E-state index is 0.799. The lowest BCUT2D eigenvalue weighted by atomic mass is 9.78. The predicted molar refractivity (Wildman–Crippen MR) is 116 cm³/mol. The van der Waals surface area contributed by atoms with E-state index in [1.165, 1.54) is 51.9 Å². The maximum Gasteiger partial charge on any atom is 0.0509 e. The Bertz CT molecular complexity index is 404. The Labute approximate surface area is 169 Å². The zero-order valence-corrected chi connectivity index (χ0v) is 19.3. The summed E-state index contributed by atoms with van der Waals surface area (Å²) in [5.41, 5.74) is 0. The first-order valence-electron chi connectivity index (χ1n) is 11.7. The second-order valence-electron chi connectivity index (χ2n) is 9.37. The molecule has 4 saturated heterocycles. The molecule has 27 heavy (non-hydrogen) atoms. The van der Waals surface area contributed by atoms with Crippen molar-refractivity contribution in [3.63, 3.8) is 0 Å². The quantitative estimate of drug-likeness (QED) is 0.726. The van der Waals surface area contributed by atoms with Gasteiger partial charge in [-0.3, -0.25) is 4.90 Å². The summed E-state index contributed by atoms with van der Waals surface area (Å²) in [7, 11) is 6.83. The van der Waals surface area contributed by atoms with E-state index in [0.29, 0.717) is 0 Å². The van der Waals surface area contributed by atoms with Crippen molar-refractivity contribution in [3.8, 4) is 0 Å². The Kier molecular flexibility index (Phi) is 9.54. The number of rotatable bonds is 2. The van der Waals surface area contributed by atoms with E-state index in [1.807, 2.05) is 13.8 Å². The second kappa shape index (κ2) is 11.1. The minimum Gasteiger partial charge on any atom is -0.381 e. The molecule has 0 radical (unpaired) electrons. The van der Waals surface area contributed by atoms with E-state index in [4.69, 9.17) is 4.74 Å². The van der Waals surface area contributed by atoms with Crippen molar-refractivity contribution in [2.45, 2.75) is 65.5 Å². The number of fused-ring (bicyclic) bond motifs is 3. The summed E-state index contributed by atoms with van der Waals surface area (Å²) < 4.78 is 5.53. The number of hydrogen-bond donors (Lipinski definition) is 0. The van der Waals surface area contributed by atoms with Crippen LogP contribution in [0.4, 0.5) is 0 Å². The number of hydrogen-bond acceptors (Lipinski definition) is 4. The lowest BCUT2D eigenvalue weighted by Crippen LogP contribution is -2.50. The van der Waals surface area contributed by atoms with Gasteiger partial charge in [0.1, 0.15) is 0 Å². The molecule has 4 heterocycles. The normalized spacial score (nSPS) is 39.7. The first-order chi connectivity index (χ1) is 13.0. The Morgan fingerprint density at radius 2 is 1.37 bits per heavy atom. The Balaban J connectivity index is 0.000000181. The highest BCUT2D eigenvalue weighted by Gasteiger charge is 2.39. The van der Waals surface area contributed by atoms with Crippen molar-refractivity contribution in [3.05, 3.63) is 0 Å². The molecule has 4 fully saturated rings. The van der Waals surface area contributed by atoms with Crippen molar-refractivity contribution < 1.29 is 4.74 Å². The Morgan fingerprint density at radius 3 is 1.96 bits per heavy atom. The van der Waals surface area contributed by atoms with Crippen molar-refractivity contribution in [1.29, 1.82) is 0 Å². The minimum absolute atomic E-state index is 0.799. The highest BCUT2D eigenvalue weighted by Crippen LogP contribution is 2.33. The highest BCUT2D eigenvalue weighted by atomic mass is 16.5. The van der Waals surface area contributed by atoms with Crippen LogP contribution < -0.4 is 0 Å². The molecule has 0 amide bonds. The SMILES string of the molecule is CC.CC1C2COCC1CN(C)C2.CCCC1CCC2CN(C)CC2N1C. The second-order valence-corrected chi connectivity index (χ2v) is 9.37. The van der Waals surface area contributed by atoms with Crippen LogP contribution in [0.5, 0.6) is 0 Å². The van der Waals surface area contributed by atoms with Crippen molar-refractivity contribution in [2.24, 2.45) is 23.7 Å². The zero-order chi connectivity index (χ0) is 20.0. The van der Waals surface area contributed by atoms with Gasteiger partial charge in [0.05, 0.1) is 13.2 Å². The molecule has 0 aromatic heterocycles. The Hall–Kier alpha value is -0.160. The summed E-state index contributed by atoms with van der Waals surface area (Å²) in [6.45, 7) is 15.8. The molecule has 0 aromatic carbocycles. The summed E-state index contributed by atoms with van der Waals surface area (Å²) in [5.74, 6) is 3.44. The van der Waals surface area contributed by atoms with Gasteiger partial charge in [-0.15, -0.1) is 0 Å². The van der Waals surface area contributed by atoms with E-state index >= 15 is 0 Å². The largest absolute Gasteiger partial charge is 0.381 e. The first kappa shape index (κ1) is 23.1. The molecule has 0 aliphatic carbocycles. The molecular formula is C23H47N3O. The van der Waals surface area contributed by atoms with E-state index in [0.717, 1.165) is 49.0 Å². The molecule has 4 nitrogen and oxygen atoms in total. The molecule has 0 N–H and O–H groups in total. The number of likely N-dealkylation sites (N-methyl/N-ethyl adjacent to an activating group) is 2. The summed E-state index contributed by atoms with van der Waals surface area (Å²) >= 11 is 0. The van der Waals surface area contributed by atoms with Crippen molar-refractivity contribution in [1.82, 2.24) is 14.7 Å². The lowest BCUT2D eigenvalue weighted by molar-refractivity contribution is -0.0711. The van der Waals surface area contributed by atoms with Gasteiger partial charge in [0, 0.05) is 38.3 Å². The zero-order valence-electron chi connectivity index (χ0n) is 19.3. The smallest absolute Gasteiger partial charge is 0.0509 e. The maximum atomic E-state index is 5.53. The van der Waals surface area contributed by atoms with E-state index in [-0.39, 0.29) is 0 Å². The molecule has 2 bridgehead atoms. The maximum absolute atomic E-state index is 5.53. The number of nitrogens with zero attached hydrogens (tertiary/aromatic N) is 3. The standard InChI is InChI=1S/C12H24N2.C9H17NO.C2H6/c1-4-5-11-7-6-10-8-13(2)9-12(10)14(11)3;1-7-8-3-10(2)4-9(7)6-11-5-8;1-2/h10-12H,4-9H2,1-3H3;7-9H,3-6H2,1-2H3;1-2H3. The first-order valence-corrected chi connectivity index (χ1v) is 11.7. The van der Waals surface area contributed by atoms with Crippen LogP contribution in [0.15, 0.2) is 0 Å². The van der Waals surface area contributed by atoms with Gasteiger partial charge in [0.15, 0.2) is 0 Å². The summed E-state index contributed by atoms with van der Waals surface area (Å²) in [5, 5.41) is 0. The van der Waals surface area contributed by atoms with Gasteiger partial charge in [0.2, 0.25) is 0 Å². The number of piperidine rings is 2. The molecule has 160 valence electrons. The van der Waals surface area contributed by atoms with Gasteiger partial charge in [-0.25, -0.2) is 0 Å². The van der Waals surface area contributed by atoms with Gasteiger partial charge in [0.25, 0.3) is 0 Å². The summed E-state index contributed by atoms with van der Waals surface area (Å²) in [4.78, 5) is 7.61. The molecule has 4 aliphatic heterocycles. The van der Waals surface area contributed by atoms with E-state index in [2.05, 4.69) is 49.7 Å². The fourth-order valence-electron chi connectivity index (χ4n) is 5.74. The van der Waals surface area contributed by atoms with Crippen LogP contribution in [-0.2, 0) is 4.74 Å². The predicted octanol–water partition coefficient (Wildman–Crippen LogP) is 3.67. The third-order valence-corrected chi connectivity index (χ3v) is 7.42. The van der Waals surface area contributed by atoms with Gasteiger partial charge in [-0.2, -0.15) is 0 Å². The molecule has 0 saturated carbocycles. The van der Waals surface area contributed by atoms with Crippen LogP contribution in [0.2, 0.25) is 0 Å². The molecule has 0 aromatic rings. The molecule has 4 aliphatic rings. The van der Waals surface area contributed by atoms with Gasteiger partial charge in [-0.05, 0) is 64.1 Å². The highest BCUT2D eigenvalue weighted by molar-refractivity contribution is 4.95. The molecular weight excluding hydrogens is 334 g/mol. The van der Waals surface area contributed by atoms with Gasteiger partial charge in [-0.1, -0.05) is 34.1 Å².